The molecule has 0 spiro atoms. The Morgan fingerprint density at radius 3 is 2.58 bits per heavy atom. The summed E-state index contributed by atoms with van der Waals surface area (Å²) in [7, 11) is 0. The van der Waals surface area contributed by atoms with E-state index in [2.05, 4.69) is 22.2 Å². The normalized spacial score (nSPS) is 21.3. The topological polar surface area (TPSA) is 98.5 Å². The van der Waals surface area contributed by atoms with E-state index < -0.39 is 6.29 Å². The van der Waals surface area contributed by atoms with Crippen LogP contribution in [0.15, 0.2) is 79.4 Å². The molecule has 3 heterocycles. The smallest absolute Gasteiger partial charge is 0.257 e. The van der Waals surface area contributed by atoms with E-state index in [1.54, 1.807) is 35.3 Å². The number of nitrogens with one attached hydrogen (secondary N) is 1. The van der Waals surface area contributed by atoms with E-state index in [0.29, 0.717) is 22.9 Å². The van der Waals surface area contributed by atoms with Gasteiger partial charge in [-0.15, -0.1) is 0 Å². The van der Waals surface area contributed by atoms with Gasteiger partial charge in [-0.05, 0) is 35.4 Å². The number of aliphatic hydroxyl groups is 1. The second kappa shape index (κ2) is 11.6. The van der Waals surface area contributed by atoms with E-state index in [0.717, 1.165) is 16.7 Å². The van der Waals surface area contributed by atoms with Crippen LogP contribution in [0.25, 0.3) is 0 Å². The number of halogens is 2. The summed E-state index contributed by atoms with van der Waals surface area (Å²) in [6, 6.07) is 18.5. The molecule has 1 aliphatic heterocycles. The van der Waals surface area contributed by atoms with Crippen LogP contribution in [0.1, 0.15) is 46.4 Å². The maximum atomic E-state index is 12.7. The van der Waals surface area contributed by atoms with Gasteiger partial charge in [-0.1, -0.05) is 66.5 Å². The molecule has 8 nitrogen and oxygen atoms in total. The molecule has 0 aliphatic carbocycles. The highest BCUT2D eigenvalue weighted by Gasteiger charge is 2.39. The number of hydrogen-bond acceptors (Lipinski definition) is 6. The Kier molecular flexibility index (Phi) is 8.06. The van der Waals surface area contributed by atoms with Crippen molar-refractivity contribution in [2.75, 3.05) is 5.32 Å². The van der Waals surface area contributed by atoms with Crippen molar-refractivity contribution in [3.05, 3.63) is 112 Å². The zero-order valence-electron chi connectivity index (χ0n) is 20.5. The number of hydrogen-bond donors (Lipinski definition) is 2. The van der Waals surface area contributed by atoms with Crippen LogP contribution in [0.4, 0.5) is 5.69 Å². The summed E-state index contributed by atoms with van der Waals surface area (Å²) in [5, 5.41) is 12.9. The summed E-state index contributed by atoms with van der Waals surface area (Å²) >= 11 is 12.4. The lowest BCUT2D eigenvalue weighted by atomic mass is 9.90. The quantitative estimate of drug-likeness (QED) is 0.299. The lowest BCUT2D eigenvalue weighted by molar-refractivity contribution is -0.276. The minimum Gasteiger partial charge on any atom is -0.392 e. The average Bonchev–Trinajstić information content (AvgIpc) is 3.27. The van der Waals surface area contributed by atoms with Crippen LogP contribution in [0.5, 0.6) is 0 Å². The van der Waals surface area contributed by atoms with Crippen LogP contribution in [0, 0.1) is 5.92 Å². The van der Waals surface area contributed by atoms with E-state index >= 15 is 0 Å². The lowest BCUT2D eigenvalue weighted by Gasteiger charge is -2.41. The van der Waals surface area contributed by atoms with Crippen LogP contribution in [0.2, 0.25) is 10.3 Å². The second-order valence-electron chi connectivity index (χ2n) is 9.12. The van der Waals surface area contributed by atoms with Crippen LogP contribution in [-0.2, 0) is 22.6 Å². The van der Waals surface area contributed by atoms with Gasteiger partial charge < -0.3 is 24.5 Å². The predicted octanol–water partition coefficient (Wildman–Crippen LogP) is 5.82. The number of benzene rings is 2. The molecule has 1 aliphatic rings. The SMILES string of the molecule is CC1C(Cn2cnc(Cl)c2Cl)OC(c2cccc(NC(=O)c3cccnc3)c2)OC1c1ccc(CO)cc1. The van der Waals surface area contributed by atoms with Crippen molar-refractivity contribution in [2.24, 2.45) is 5.92 Å². The summed E-state index contributed by atoms with van der Waals surface area (Å²) in [6.07, 6.45) is 3.40. The standard InChI is InChI=1S/C28H26Cl2N4O4/c1-17-23(14-34-16-32-25(29)26(34)30)37-28(38-24(17)19-9-7-18(15-35)8-10-19)20-4-2-6-22(12-20)33-27(36)21-5-3-11-31-13-21/h2-13,16-17,23-24,28,35H,14-15H2,1H3,(H,33,36). The zero-order chi connectivity index (χ0) is 26.6. The van der Waals surface area contributed by atoms with Crippen molar-refractivity contribution in [3.8, 4) is 0 Å². The van der Waals surface area contributed by atoms with Gasteiger partial charge in [-0.2, -0.15) is 0 Å². The molecule has 0 bridgehead atoms. The third-order valence-electron chi connectivity index (χ3n) is 6.57. The van der Waals surface area contributed by atoms with Crippen LogP contribution >= 0.6 is 23.2 Å². The molecule has 196 valence electrons. The molecule has 0 saturated carbocycles. The fourth-order valence-electron chi connectivity index (χ4n) is 4.46. The number of aromatic nitrogens is 3. The van der Waals surface area contributed by atoms with Gasteiger partial charge in [0.2, 0.25) is 0 Å². The Hall–Kier alpha value is -3.27. The highest BCUT2D eigenvalue weighted by molar-refractivity contribution is 6.40. The van der Waals surface area contributed by atoms with Gasteiger partial charge in [0.15, 0.2) is 11.4 Å². The molecule has 4 atom stereocenters. The van der Waals surface area contributed by atoms with E-state index in [4.69, 9.17) is 32.7 Å². The highest BCUT2D eigenvalue weighted by Crippen LogP contribution is 2.42. The highest BCUT2D eigenvalue weighted by atomic mass is 35.5. The van der Waals surface area contributed by atoms with E-state index in [9.17, 15) is 9.90 Å². The third-order valence-corrected chi connectivity index (χ3v) is 7.34. The number of imidazole rings is 1. The molecule has 4 unspecified atom stereocenters. The number of carbonyl (C=O) groups is 1. The summed E-state index contributed by atoms with van der Waals surface area (Å²) in [5.41, 5.74) is 3.59. The van der Waals surface area contributed by atoms with E-state index in [1.807, 2.05) is 42.5 Å². The molecular formula is C28H26Cl2N4O4. The fraction of sp³-hybridized carbons (Fsp3) is 0.250. The molecule has 0 radical (unpaired) electrons. The minimum atomic E-state index is -0.716. The molecule has 10 heteroatoms. The monoisotopic (exact) mass is 552 g/mol. The van der Waals surface area contributed by atoms with Crippen molar-refractivity contribution in [1.29, 1.82) is 0 Å². The van der Waals surface area contributed by atoms with E-state index in [1.165, 1.54) is 6.20 Å². The van der Waals surface area contributed by atoms with Gasteiger partial charge in [0.1, 0.15) is 5.15 Å². The Bertz CT molecular complexity index is 1400. The average molecular weight is 553 g/mol. The third kappa shape index (κ3) is 5.75. The second-order valence-corrected chi connectivity index (χ2v) is 9.84. The predicted molar refractivity (Wildman–Crippen MR) is 144 cm³/mol. The number of anilines is 1. The first kappa shape index (κ1) is 26.3. The van der Waals surface area contributed by atoms with Gasteiger partial charge in [-0.3, -0.25) is 9.78 Å². The zero-order valence-corrected chi connectivity index (χ0v) is 22.0. The van der Waals surface area contributed by atoms with Crippen LogP contribution in [0.3, 0.4) is 0 Å². The number of carbonyl (C=O) groups excluding carboxylic acids is 1. The minimum absolute atomic E-state index is 0.0346. The summed E-state index contributed by atoms with van der Waals surface area (Å²) in [5.74, 6) is -0.322. The molecule has 38 heavy (non-hydrogen) atoms. The molecule has 1 amide bonds. The maximum absolute atomic E-state index is 12.7. The van der Waals surface area contributed by atoms with Crippen molar-refractivity contribution < 1.29 is 19.4 Å². The van der Waals surface area contributed by atoms with Crippen molar-refractivity contribution in [1.82, 2.24) is 14.5 Å². The van der Waals surface area contributed by atoms with Crippen molar-refractivity contribution in [2.45, 2.75) is 38.6 Å². The molecule has 2 N–H and O–H groups in total. The van der Waals surface area contributed by atoms with Crippen molar-refractivity contribution in [3.63, 3.8) is 0 Å². The van der Waals surface area contributed by atoms with Crippen LogP contribution in [-0.4, -0.2) is 31.7 Å². The van der Waals surface area contributed by atoms with Gasteiger partial charge in [-0.25, -0.2) is 4.98 Å². The molecule has 4 aromatic rings. The molecule has 2 aromatic heterocycles. The Morgan fingerprint density at radius 2 is 1.89 bits per heavy atom. The Labute approximate surface area is 230 Å². The lowest BCUT2D eigenvalue weighted by Crippen LogP contribution is -2.39. The van der Waals surface area contributed by atoms with Gasteiger partial charge in [0.25, 0.3) is 5.91 Å². The number of pyridine rings is 1. The fourth-order valence-corrected chi connectivity index (χ4v) is 4.77. The Balaban J connectivity index is 1.42. The van der Waals surface area contributed by atoms with Crippen molar-refractivity contribution >= 4 is 34.8 Å². The summed E-state index contributed by atoms with van der Waals surface area (Å²) in [4.78, 5) is 20.8. The Morgan fingerprint density at radius 1 is 1.08 bits per heavy atom. The number of ether oxygens (including phenoxy) is 2. The number of amides is 1. The van der Waals surface area contributed by atoms with Gasteiger partial charge in [0, 0.05) is 29.6 Å². The molecular weight excluding hydrogens is 527 g/mol. The molecule has 2 aromatic carbocycles. The molecule has 1 fully saturated rings. The summed E-state index contributed by atoms with van der Waals surface area (Å²) < 4.78 is 14.7. The number of rotatable bonds is 7. The summed E-state index contributed by atoms with van der Waals surface area (Å²) in [6.45, 7) is 2.44. The molecule has 5 rings (SSSR count). The number of aliphatic hydroxyl groups excluding tert-OH is 1. The first-order valence-corrected chi connectivity index (χ1v) is 12.9. The molecule has 1 saturated heterocycles. The first-order valence-electron chi connectivity index (χ1n) is 12.1. The first-order chi connectivity index (χ1) is 18.4. The van der Waals surface area contributed by atoms with E-state index in [-0.39, 0.29) is 35.8 Å². The van der Waals surface area contributed by atoms with Gasteiger partial charge >= 0.3 is 0 Å². The number of nitrogens with zero attached hydrogens (tertiary/aromatic N) is 3. The maximum Gasteiger partial charge on any atom is 0.257 e. The van der Waals surface area contributed by atoms with Crippen LogP contribution < -0.4 is 5.32 Å². The largest absolute Gasteiger partial charge is 0.392 e. The van der Waals surface area contributed by atoms with Gasteiger partial charge in [0.05, 0.1) is 37.3 Å².